The predicted octanol–water partition coefficient (Wildman–Crippen LogP) is 2.93. The summed E-state index contributed by atoms with van der Waals surface area (Å²) in [4.78, 5) is 0.712. The Bertz CT molecular complexity index is 586. The lowest BCUT2D eigenvalue weighted by Gasteiger charge is -2.13. The summed E-state index contributed by atoms with van der Waals surface area (Å²) in [6, 6.07) is 11.8. The van der Waals surface area contributed by atoms with Gasteiger partial charge in [-0.2, -0.15) is 0 Å². The topological polar surface area (TPSA) is 69.9 Å². The summed E-state index contributed by atoms with van der Waals surface area (Å²) in [5.41, 5.74) is 0.603. The SMILES string of the molecule is COc1ccc(C(O)CSc2ccccc2O)cc1O. The molecule has 0 heterocycles. The van der Waals surface area contributed by atoms with Gasteiger partial charge in [-0.15, -0.1) is 11.8 Å². The molecule has 0 aromatic heterocycles. The first kappa shape index (κ1) is 14.6. The van der Waals surface area contributed by atoms with Gasteiger partial charge < -0.3 is 20.1 Å². The number of benzene rings is 2. The van der Waals surface area contributed by atoms with Crippen LogP contribution in [-0.2, 0) is 0 Å². The molecule has 1 unspecified atom stereocenters. The first-order valence-corrected chi connectivity index (χ1v) is 7.06. The highest BCUT2D eigenvalue weighted by molar-refractivity contribution is 7.99. The number of phenols is 2. The second-order valence-corrected chi connectivity index (χ2v) is 5.29. The Hall–Kier alpha value is -1.85. The number of methoxy groups -OCH3 is 1. The fourth-order valence-electron chi connectivity index (χ4n) is 1.76. The van der Waals surface area contributed by atoms with Gasteiger partial charge in [0.2, 0.25) is 0 Å². The molecular weight excluding hydrogens is 276 g/mol. The van der Waals surface area contributed by atoms with Gasteiger partial charge in [-0.05, 0) is 29.8 Å². The largest absolute Gasteiger partial charge is 0.507 e. The molecule has 0 fully saturated rings. The Morgan fingerprint density at radius 3 is 2.50 bits per heavy atom. The summed E-state index contributed by atoms with van der Waals surface area (Å²) in [5, 5.41) is 29.4. The van der Waals surface area contributed by atoms with Crippen molar-refractivity contribution in [2.24, 2.45) is 0 Å². The number of aromatic hydroxyl groups is 2. The fraction of sp³-hybridized carbons (Fsp3) is 0.200. The molecule has 2 aromatic carbocycles. The second-order valence-electron chi connectivity index (χ2n) is 4.23. The average Bonchev–Trinajstić information content (AvgIpc) is 2.46. The van der Waals surface area contributed by atoms with Crippen LogP contribution >= 0.6 is 11.8 Å². The van der Waals surface area contributed by atoms with Crippen LogP contribution < -0.4 is 4.74 Å². The lowest BCUT2D eigenvalue weighted by Crippen LogP contribution is -2.00. The van der Waals surface area contributed by atoms with Gasteiger partial charge in [0.05, 0.1) is 13.2 Å². The Balaban J connectivity index is 2.03. The van der Waals surface area contributed by atoms with Gasteiger partial charge in [0.1, 0.15) is 5.75 Å². The van der Waals surface area contributed by atoms with E-state index in [9.17, 15) is 15.3 Å². The first-order chi connectivity index (χ1) is 9.61. The molecule has 5 heteroatoms. The zero-order valence-corrected chi connectivity index (χ0v) is 11.8. The number of para-hydroxylation sites is 1. The van der Waals surface area contributed by atoms with Crippen LogP contribution in [0.15, 0.2) is 47.4 Å². The molecule has 0 saturated heterocycles. The van der Waals surface area contributed by atoms with Crippen molar-refractivity contribution >= 4 is 11.8 Å². The molecule has 2 aromatic rings. The van der Waals surface area contributed by atoms with Crippen LogP contribution in [0.1, 0.15) is 11.7 Å². The van der Waals surface area contributed by atoms with Gasteiger partial charge in [0, 0.05) is 10.6 Å². The Morgan fingerprint density at radius 1 is 1.10 bits per heavy atom. The molecule has 2 rings (SSSR count). The van der Waals surface area contributed by atoms with Crippen LogP contribution in [0.3, 0.4) is 0 Å². The minimum atomic E-state index is -0.739. The minimum absolute atomic E-state index is 0.00314. The molecule has 106 valence electrons. The van der Waals surface area contributed by atoms with Gasteiger partial charge >= 0.3 is 0 Å². The standard InChI is InChI=1S/C15H16O4S/c1-19-14-7-6-10(8-12(14)17)13(18)9-20-15-5-3-2-4-11(15)16/h2-8,13,16-18H,9H2,1H3. The van der Waals surface area contributed by atoms with Crippen LogP contribution in [0.2, 0.25) is 0 Å². The summed E-state index contributed by atoms with van der Waals surface area (Å²) in [7, 11) is 1.47. The number of aliphatic hydroxyl groups is 1. The zero-order valence-electron chi connectivity index (χ0n) is 11.0. The number of rotatable bonds is 5. The maximum absolute atomic E-state index is 10.1. The van der Waals surface area contributed by atoms with Crippen molar-refractivity contribution in [3.63, 3.8) is 0 Å². The van der Waals surface area contributed by atoms with E-state index in [0.29, 0.717) is 22.0 Å². The third-order valence-corrected chi connectivity index (χ3v) is 3.99. The van der Waals surface area contributed by atoms with Crippen molar-refractivity contribution in [2.45, 2.75) is 11.0 Å². The molecule has 0 saturated carbocycles. The van der Waals surface area contributed by atoms with Gasteiger partial charge in [-0.1, -0.05) is 18.2 Å². The quantitative estimate of drug-likeness (QED) is 0.739. The maximum atomic E-state index is 10.1. The van der Waals surface area contributed by atoms with E-state index < -0.39 is 6.10 Å². The van der Waals surface area contributed by atoms with Crippen LogP contribution in [0.25, 0.3) is 0 Å². The van der Waals surface area contributed by atoms with Crippen molar-refractivity contribution in [3.8, 4) is 17.2 Å². The van der Waals surface area contributed by atoms with Crippen molar-refractivity contribution in [3.05, 3.63) is 48.0 Å². The molecule has 0 bridgehead atoms. The number of ether oxygens (including phenoxy) is 1. The molecule has 1 atom stereocenters. The lowest BCUT2D eigenvalue weighted by molar-refractivity contribution is 0.203. The van der Waals surface area contributed by atoms with Crippen LogP contribution in [0.5, 0.6) is 17.2 Å². The monoisotopic (exact) mass is 292 g/mol. The van der Waals surface area contributed by atoms with E-state index in [1.807, 2.05) is 6.07 Å². The van der Waals surface area contributed by atoms with Gasteiger partial charge in [0.15, 0.2) is 11.5 Å². The molecule has 0 aliphatic carbocycles. The second kappa shape index (κ2) is 6.54. The van der Waals surface area contributed by atoms with Crippen LogP contribution in [0, 0.1) is 0 Å². The van der Waals surface area contributed by atoms with Crippen molar-refractivity contribution < 1.29 is 20.1 Å². The highest BCUT2D eigenvalue weighted by Crippen LogP contribution is 2.33. The van der Waals surface area contributed by atoms with Gasteiger partial charge in [-0.3, -0.25) is 0 Å². The van der Waals surface area contributed by atoms with Gasteiger partial charge in [-0.25, -0.2) is 0 Å². The normalized spacial score (nSPS) is 12.1. The fourth-order valence-corrected chi connectivity index (χ4v) is 2.68. The van der Waals surface area contributed by atoms with Crippen molar-refractivity contribution in [2.75, 3.05) is 12.9 Å². The summed E-state index contributed by atoms with van der Waals surface area (Å²) >= 11 is 1.35. The predicted molar refractivity (Wildman–Crippen MR) is 78.4 cm³/mol. The molecule has 3 N–H and O–H groups in total. The molecule has 0 radical (unpaired) electrons. The van der Waals surface area contributed by atoms with Crippen molar-refractivity contribution in [1.29, 1.82) is 0 Å². The maximum Gasteiger partial charge on any atom is 0.160 e. The first-order valence-electron chi connectivity index (χ1n) is 6.07. The summed E-state index contributed by atoms with van der Waals surface area (Å²) in [6.45, 7) is 0. The minimum Gasteiger partial charge on any atom is -0.507 e. The Morgan fingerprint density at radius 2 is 1.85 bits per heavy atom. The molecule has 20 heavy (non-hydrogen) atoms. The molecule has 0 amide bonds. The number of hydrogen-bond acceptors (Lipinski definition) is 5. The van der Waals surface area contributed by atoms with E-state index in [1.54, 1.807) is 30.3 Å². The highest BCUT2D eigenvalue weighted by atomic mass is 32.2. The molecule has 4 nitrogen and oxygen atoms in total. The highest BCUT2D eigenvalue weighted by Gasteiger charge is 2.12. The van der Waals surface area contributed by atoms with E-state index in [0.717, 1.165) is 0 Å². The van der Waals surface area contributed by atoms with Gasteiger partial charge in [0.25, 0.3) is 0 Å². The number of phenolic OH excluding ortho intramolecular Hbond substituents is 2. The van der Waals surface area contributed by atoms with Crippen LogP contribution in [-0.4, -0.2) is 28.2 Å². The van der Waals surface area contributed by atoms with Crippen LogP contribution in [0.4, 0.5) is 0 Å². The van der Waals surface area contributed by atoms with Crippen molar-refractivity contribution in [1.82, 2.24) is 0 Å². The summed E-state index contributed by atoms with van der Waals surface area (Å²) in [6.07, 6.45) is -0.739. The average molecular weight is 292 g/mol. The van der Waals surface area contributed by atoms with E-state index in [2.05, 4.69) is 0 Å². The Labute approximate surface area is 121 Å². The van der Waals surface area contributed by atoms with E-state index in [-0.39, 0.29) is 11.5 Å². The zero-order chi connectivity index (χ0) is 14.5. The Kier molecular flexibility index (Phi) is 4.76. The summed E-state index contributed by atoms with van der Waals surface area (Å²) in [5.74, 6) is 0.941. The number of thioether (sulfide) groups is 1. The van der Waals surface area contributed by atoms with E-state index in [4.69, 9.17) is 4.74 Å². The van der Waals surface area contributed by atoms with E-state index >= 15 is 0 Å². The molecule has 0 aliphatic heterocycles. The third-order valence-electron chi connectivity index (χ3n) is 2.85. The summed E-state index contributed by atoms with van der Waals surface area (Å²) < 4.78 is 4.95. The molecule has 0 aliphatic rings. The smallest absolute Gasteiger partial charge is 0.160 e. The number of aliphatic hydroxyl groups excluding tert-OH is 1. The third kappa shape index (κ3) is 3.37. The van der Waals surface area contributed by atoms with E-state index in [1.165, 1.54) is 24.9 Å². The molecular formula is C15H16O4S. The molecule has 0 spiro atoms. The number of hydrogen-bond donors (Lipinski definition) is 3. The lowest BCUT2D eigenvalue weighted by atomic mass is 10.1.